The Bertz CT molecular complexity index is 617. The monoisotopic (exact) mass is 298 g/mol. The van der Waals surface area contributed by atoms with Crippen LogP contribution in [0.15, 0.2) is 42.7 Å². The maximum atomic E-state index is 12.3. The second kappa shape index (κ2) is 6.56. The maximum Gasteiger partial charge on any atom is 0.274 e. The molecular formula is C17H22N4O. The topological polar surface area (TPSA) is 58.1 Å². The van der Waals surface area contributed by atoms with Gasteiger partial charge in [0, 0.05) is 19.1 Å². The third kappa shape index (κ3) is 4.55. The number of aromatic nitrogens is 2. The van der Waals surface area contributed by atoms with Crippen LogP contribution in [0.5, 0.6) is 0 Å². The molecule has 0 aliphatic carbocycles. The number of hydrogen-bond donors (Lipinski definition) is 1. The maximum absolute atomic E-state index is 12.3. The minimum absolute atomic E-state index is 0.0929. The molecule has 1 N–H and O–H groups in total. The molecule has 1 aromatic heterocycles. The van der Waals surface area contributed by atoms with Crippen LogP contribution in [0, 0.1) is 0 Å². The van der Waals surface area contributed by atoms with Gasteiger partial charge in [-0.05, 0) is 26.3 Å². The van der Waals surface area contributed by atoms with Gasteiger partial charge in [-0.3, -0.25) is 4.79 Å². The fraction of sp³-hybridized carbons (Fsp3) is 0.353. The first-order valence-corrected chi connectivity index (χ1v) is 7.25. The van der Waals surface area contributed by atoms with Crippen LogP contribution in [0.2, 0.25) is 0 Å². The Labute approximate surface area is 131 Å². The average molecular weight is 298 g/mol. The molecule has 2 aromatic rings. The van der Waals surface area contributed by atoms with E-state index in [2.05, 4.69) is 15.3 Å². The van der Waals surface area contributed by atoms with Crippen molar-refractivity contribution < 1.29 is 4.79 Å². The number of nitrogens with zero attached hydrogens (tertiary/aromatic N) is 3. The lowest BCUT2D eigenvalue weighted by Gasteiger charge is -2.21. The molecule has 0 aliphatic heterocycles. The van der Waals surface area contributed by atoms with E-state index in [9.17, 15) is 4.79 Å². The zero-order valence-corrected chi connectivity index (χ0v) is 13.5. The van der Waals surface area contributed by atoms with Gasteiger partial charge in [0.15, 0.2) is 0 Å². The first-order chi connectivity index (χ1) is 10.3. The van der Waals surface area contributed by atoms with Gasteiger partial charge in [0.25, 0.3) is 5.91 Å². The number of nitrogens with one attached hydrogen (secondary N) is 1. The summed E-state index contributed by atoms with van der Waals surface area (Å²) in [4.78, 5) is 22.4. The Morgan fingerprint density at radius 3 is 2.36 bits per heavy atom. The van der Waals surface area contributed by atoms with E-state index in [1.807, 2.05) is 51.1 Å². The van der Waals surface area contributed by atoms with Crippen LogP contribution in [0.3, 0.4) is 0 Å². The van der Waals surface area contributed by atoms with E-state index >= 15 is 0 Å². The van der Waals surface area contributed by atoms with Gasteiger partial charge >= 0.3 is 0 Å². The number of hydrogen-bond acceptors (Lipinski definition) is 4. The van der Waals surface area contributed by atoms with Gasteiger partial charge in [0.1, 0.15) is 11.5 Å². The van der Waals surface area contributed by atoms with Crippen molar-refractivity contribution in [1.82, 2.24) is 14.9 Å². The lowest BCUT2D eigenvalue weighted by atomic mass is 10.1. The van der Waals surface area contributed by atoms with E-state index in [-0.39, 0.29) is 11.4 Å². The molecule has 0 atom stereocenters. The molecule has 2 rings (SSSR count). The van der Waals surface area contributed by atoms with Gasteiger partial charge in [-0.25, -0.2) is 9.97 Å². The van der Waals surface area contributed by atoms with Crippen LogP contribution in [0.1, 0.15) is 36.8 Å². The largest absolute Gasteiger partial charge is 0.364 e. The zero-order valence-electron chi connectivity index (χ0n) is 13.5. The van der Waals surface area contributed by atoms with Crippen molar-refractivity contribution in [3.8, 4) is 0 Å². The molecule has 0 fully saturated rings. The molecule has 116 valence electrons. The summed E-state index contributed by atoms with van der Waals surface area (Å²) in [5, 5.41) is 3.22. The van der Waals surface area contributed by atoms with Crippen molar-refractivity contribution in [1.29, 1.82) is 0 Å². The van der Waals surface area contributed by atoms with Crippen LogP contribution in [-0.2, 0) is 6.54 Å². The van der Waals surface area contributed by atoms with Crippen LogP contribution in [0.4, 0.5) is 5.82 Å². The number of carbonyl (C=O) groups excluding carboxylic acids is 1. The highest BCUT2D eigenvalue weighted by atomic mass is 16.2. The van der Waals surface area contributed by atoms with Gasteiger partial charge in [-0.1, -0.05) is 30.3 Å². The molecule has 0 spiro atoms. The molecule has 0 bridgehead atoms. The highest BCUT2D eigenvalue weighted by molar-refractivity contribution is 5.91. The van der Waals surface area contributed by atoms with Gasteiger partial charge < -0.3 is 10.2 Å². The quantitative estimate of drug-likeness (QED) is 0.943. The Kier molecular flexibility index (Phi) is 4.75. The second-order valence-corrected chi connectivity index (χ2v) is 6.31. The Balaban J connectivity index is 2.03. The molecule has 0 radical (unpaired) electrons. The molecule has 0 saturated carbocycles. The number of rotatable bonds is 4. The van der Waals surface area contributed by atoms with Gasteiger partial charge in [0.2, 0.25) is 0 Å². The van der Waals surface area contributed by atoms with Crippen molar-refractivity contribution in [2.24, 2.45) is 0 Å². The van der Waals surface area contributed by atoms with Crippen molar-refractivity contribution in [3.05, 3.63) is 54.0 Å². The van der Waals surface area contributed by atoms with Crippen LogP contribution in [0.25, 0.3) is 0 Å². The summed E-state index contributed by atoms with van der Waals surface area (Å²) in [6.07, 6.45) is 3.10. The van der Waals surface area contributed by atoms with E-state index < -0.39 is 0 Å². The fourth-order valence-corrected chi connectivity index (χ4v) is 2.01. The number of carbonyl (C=O) groups is 1. The molecule has 5 nitrogen and oxygen atoms in total. The number of amides is 1. The highest BCUT2D eigenvalue weighted by Crippen LogP contribution is 2.11. The molecule has 1 aromatic carbocycles. The number of benzene rings is 1. The summed E-state index contributed by atoms with van der Waals surface area (Å²) in [5.41, 5.74) is 1.33. The molecule has 0 aliphatic rings. The molecule has 1 heterocycles. The Morgan fingerprint density at radius 1 is 1.14 bits per heavy atom. The standard InChI is InChI=1S/C17H22N4O/c1-17(2,3)20-15-11-18-14(10-19-15)16(22)21(4)12-13-8-6-5-7-9-13/h5-11H,12H2,1-4H3,(H,19,20). The summed E-state index contributed by atoms with van der Waals surface area (Å²) in [6, 6.07) is 9.86. The van der Waals surface area contributed by atoms with E-state index in [0.717, 1.165) is 5.56 Å². The molecule has 0 saturated heterocycles. The Hall–Kier alpha value is -2.43. The minimum Gasteiger partial charge on any atom is -0.364 e. The normalized spacial score (nSPS) is 11.1. The van der Waals surface area contributed by atoms with E-state index in [0.29, 0.717) is 18.1 Å². The van der Waals surface area contributed by atoms with Crippen LogP contribution < -0.4 is 5.32 Å². The lowest BCUT2D eigenvalue weighted by Crippen LogP contribution is -2.28. The summed E-state index contributed by atoms with van der Waals surface area (Å²) in [5.74, 6) is 0.522. The van der Waals surface area contributed by atoms with Crippen molar-refractivity contribution in [2.75, 3.05) is 12.4 Å². The molecule has 1 amide bonds. The van der Waals surface area contributed by atoms with E-state index in [4.69, 9.17) is 0 Å². The SMILES string of the molecule is CN(Cc1ccccc1)C(=O)c1cnc(NC(C)(C)C)cn1. The van der Waals surface area contributed by atoms with E-state index in [1.165, 1.54) is 6.20 Å². The summed E-state index contributed by atoms with van der Waals surface area (Å²) >= 11 is 0. The molecular weight excluding hydrogens is 276 g/mol. The molecule has 0 unspecified atom stereocenters. The predicted molar refractivity (Wildman–Crippen MR) is 87.6 cm³/mol. The Morgan fingerprint density at radius 2 is 1.82 bits per heavy atom. The van der Waals surface area contributed by atoms with Gasteiger partial charge in [-0.2, -0.15) is 0 Å². The van der Waals surface area contributed by atoms with Crippen molar-refractivity contribution in [2.45, 2.75) is 32.9 Å². The summed E-state index contributed by atoms with van der Waals surface area (Å²) in [6.45, 7) is 6.67. The second-order valence-electron chi connectivity index (χ2n) is 6.31. The van der Waals surface area contributed by atoms with E-state index in [1.54, 1.807) is 18.1 Å². The van der Waals surface area contributed by atoms with Crippen molar-refractivity contribution >= 4 is 11.7 Å². The lowest BCUT2D eigenvalue weighted by molar-refractivity contribution is 0.0779. The fourth-order valence-electron chi connectivity index (χ4n) is 2.01. The third-order valence-electron chi connectivity index (χ3n) is 2.98. The first-order valence-electron chi connectivity index (χ1n) is 7.25. The average Bonchev–Trinajstić information content (AvgIpc) is 2.46. The molecule has 22 heavy (non-hydrogen) atoms. The molecule has 5 heteroatoms. The van der Waals surface area contributed by atoms with Crippen LogP contribution in [-0.4, -0.2) is 33.4 Å². The van der Waals surface area contributed by atoms with Gasteiger partial charge in [0.05, 0.1) is 12.4 Å². The third-order valence-corrected chi connectivity index (χ3v) is 2.98. The predicted octanol–water partition coefficient (Wildman–Crippen LogP) is 2.96. The zero-order chi connectivity index (χ0) is 16.2. The highest BCUT2D eigenvalue weighted by Gasteiger charge is 2.15. The summed E-state index contributed by atoms with van der Waals surface area (Å²) < 4.78 is 0. The smallest absolute Gasteiger partial charge is 0.274 e. The van der Waals surface area contributed by atoms with Crippen molar-refractivity contribution in [3.63, 3.8) is 0 Å². The first kappa shape index (κ1) is 15.9. The van der Waals surface area contributed by atoms with Crippen LogP contribution >= 0.6 is 0 Å². The summed E-state index contributed by atoms with van der Waals surface area (Å²) in [7, 11) is 1.76. The number of anilines is 1. The minimum atomic E-state index is -0.140. The van der Waals surface area contributed by atoms with Gasteiger partial charge in [-0.15, -0.1) is 0 Å².